The molecule has 0 saturated heterocycles. The molecule has 206 valence electrons. The van der Waals surface area contributed by atoms with Gasteiger partial charge in [0, 0.05) is 13.1 Å². The zero-order valence-electron chi connectivity index (χ0n) is 23.4. The van der Waals surface area contributed by atoms with Gasteiger partial charge in [-0.1, -0.05) is 96.1 Å². The third-order valence-electron chi connectivity index (χ3n) is 6.16. The summed E-state index contributed by atoms with van der Waals surface area (Å²) in [5, 5.41) is 10.8. The average Bonchev–Trinajstić information content (AvgIpc) is 2.88. The highest BCUT2D eigenvalue weighted by molar-refractivity contribution is 6.38. The molecule has 4 amide bonds. The highest BCUT2D eigenvalue weighted by Gasteiger charge is 2.29. The number of rotatable bonds is 12. The maximum absolute atomic E-state index is 13.0. The summed E-state index contributed by atoms with van der Waals surface area (Å²) in [4.78, 5) is 50.9. The van der Waals surface area contributed by atoms with Gasteiger partial charge in [-0.2, -0.15) is 0 Å². The Kier molecular flexibility index (Phi) is 11.5. The molecular weight excluding hydrogens is 480 g/mol. The summed E-state index contributed by atoms with van der Waals surface area (Å²) < 4.78 is 0. The van der Waals surface area contributed by atoms with Gasteiger partial charge in [0.2, 0.25) is 11.7 Å². The van der Waals surface area contributed by atoms with Crippen molar-refractivity contribution in [1.82, 2.24) is 21.3 Å². The van der Waals surface area contributed by atoms with E-state index < -0.39 is 35.7 Å². The first kappa shape index (κ1) is 30.5. The van der Waals surface area contributed by atoms with Crippen molar-refractivity contribution in [2.24, 2.45) is 5.92 Å². The van der Waals surface area contributed by atoms with Crippen LogP contribution in [0, 0.1) is 5.92 Å². The Balaban J connectivity index is 1.94. The van der Waals surface area contributed by atoms with Crippen molar-refractivity contribution < 1.29 is 19.2 Å². The van der Waals surface area contributed by atoms with Gasteiger partial charge in [-0.15, -0.1) is 0 Å². The van der Waals surface area contributed by atoms with E-state index in [-0.39, 0.29) is 24.3 Å². The Bertz CT molecular complexity index is 1080. The van der Waals surface area contributed by atoms with Gasteiger partial charge < -0.3 is 21.3 Å². The van der Waals surface area contributed by atoms with Gasteiger partial charge in [0.1, 0.15) is 6.04 Å². The molecule has 2 unspecified atom stereocenters. The van der Waals surface area contributed by atoms with E-state index in [1.807, 2.05) is 68.4 Å². The summed E-state index contributed by atoms with van der Waals surface area (Å²) >= 11 is 0. The Morgan fingerprint density at radius 2 is 1.34 bits per heavy atom. The first-order valence-corrected chi connectivity index (χ1v) is 13.2. The molecule has 8 heteroatoms. The zero-order valence-corrected chi connectivity index (χ0v) is 23.4. The van der Waals surface area contributed by atoms with Gasteiger partial charge in [0.25, 0.3) is 5.91 Å². The van der Waals surface area contributed by atoms with Gasteiger partial charge in [-0.05, 0) is 40.9 Å². The van der Waals surface area contributed by atoms with Crippen LogP contribution in [0.15, 0.2) is 54.6 Å². The third kappa shape index (κ3) is 10.00. The van der Waals surface area contributed by atoms with E-state index in [0.29, 0.717) is 13.0 Å². The number of hydrogen-bond acceptors (Lipinski definition) is 4. The van der Waals surface area contributed by atoms with Crippen LogP contribution in [0.3, 0.4) is 0 Å². The largest absolute Gasteiger partial charge is 0.345 e. The lowest BCUT2D eigenvalue weighted by atomic mass is 9.87. The lowest BCUT2D eigenvalue weighted by Gasteiger charge is -2.23. The van der Waals surface area contributed by atoms with Crippen LogP contribution in [0.1, 0.15) is 71.1 Å². The van der Waals surface area contributed by atoms with E-state index in [0.717, 1.165) is 11.1 Å². The summed E-state index contributed by atoms with van der Waals surface area (Å²) in [5.74, 6) is -1.86. The third-order valence-corrected chi connectivity index (χ3v) is 6.16. The molecule has 4 N–H and O–H groups in total. The molecule has 0 bridgehead atoms. The first-order valence-electron chi connectivity index (χ1n) is 13.2. The minimum absolute atomic E-state index is 0.0230. The SMILES string of the molecule is CCC(NC(=O)C(CC(C)C)NC(=O)NCc1ccccc1)C(=O)C(=O)NCc1ccc(C(C)(C)C)cc1. The Labute approximate surface area is 226 Å². The highest BCUT2D eigenvalue weighted by Crippen LogP contribution is 2.22. The lowest BCUT2D eigenvalue weighted by molar-refractivity contribution is -0.140. The molecule has 0 fully saturated rings. The number of hydrogen-bond donors (Lipinski definition) is 4. The second-order valence-corrected chi connectivity index (χ2v) is 11.0. The topological polar surface area (TPSA) is 116 Å². The fourth-order valence-electron chi connectivity index (χ4n) is 3.87. The maximum atomic E-state index is 13.0. The van der Waals surface area contributed by atoms with Crippen molar-refractivity contribution in [3.05, 3.63) is 71.3 Å². The number of carbonyl (C=O) groups excluding carboxylic acids is 4. The van der Waals surface area contributed by atoms with Crippen LogP contribution < -0.4 is 21.3 Å². The molecule has 0 aliphatic carbocycles. The van der Waals surface area contributed by atoms with E-state index in [9.17, 15) is 19.2 Å². The minimum Gasteiger partial charge on any atom is -0.345 e. The van der Waals surface area contributed by atoms with Crippen molar-refractivity contribution in [2.45, 2.75) is 85.0 Å². The quantitative estimate of drug-likeness (QED) is 0.316. The van der Waals surface area contributed by atoms with Crippen LogP contribution in [-0.4, -0.2) is 35.7 Å². The molecule has 0 aliphatic heterocycles. The van der Waals surface area contributed by atoms with Crippen LogP contribution in [0.5, 0.6) is 0 Å². The van der Waals surface area contributed by atoms with Gasteiger partial charge in [-0.25, -0.2) is 4.79 Å². The van der Waals surface area contributed by atoms with Crippen molar-refractivity contribution >= 4 is 23.6 Å². The number of urea groups is 1. The summed E-state index contributed by atoms with van der Waals surface area (Å²) in [6, 6.07) is 15.0. The van der Waals surface area contributed by atoms with Gasteiger partial charge in [0.15, 0.2) is 0 Å². The second-order valence-electron chi connectivity index (χ2n) is 11.0. The Morgan fingerprint density at radius 3 is 1.89 bits per heavy atom. The standard InChI is InChI=1S/C30H42N4O4/c1-7-24(26(35)28(37)31-18-22-13-15-23(16-14-22)30(4,5)6)33-27(36)25(17-20(2)3)34-29(38)32-19-21-11-9-8-10-12-21/h8-16,20,24-25H,7,17-19H2,1-6H3,(H,31,37)(H,33,36)(H2,32,34,38). The van der Waals surface area contributed by atoms with Crippen LogP contribution in [0.25, 0.3) is 0 Å². The van der Waals surface area contributed by atoms with Gasteiger partial charge in [0.05, 0.1) is 6.04 Å². The molecule has 0 saturated carbocycles. The highest BCUT2D eigenvalue weighted by atomic mass is 16.2. The zero-order chi connectivity index (χ0) is 28.3. The summed E-state index contributed by atoms with van der Waals surface area (Å²) in [6.45, 7) is 12.5. The fraction of sp³-hybridized carbons (Fsp3) is 0.467. The lowest BCUT2D eigenvalue weighted by Crippen LogP contribution is -2.55. The molecule has 2 aromatic carbocycles. The maximum Gasteiger partial charge on any atom is 0.315 e. The Morgan fingerprint density at radius 1 is 0.763 bits per heavy atom. The first-order chi connectivity index (χ1) is 17.9. The Hall–Kier alpha value is -3.68. The average molecular weight is 523 g/mol. The molecule has 0 spiro atoms. The molecule has 2 rings (SSSR count). The van der Waals surface area contributed by atoms with Crippen molar-refractivity contribution in [2.75, 3.05) is 0 Å². The van der Waals surface area contributed by atoms with Crippen LogP contribution in [0.4, 0.5) is 4.79 Å². The molecule has 0 radical (unpaired) electrons. The van der Waals surface area contributed by atoms with Crippen LogP contribution in [-0.2, 0) is 32.9 Å². The number of ketones is 1. The smallest absolute Gasteiger partial charge is 0.315 e. The molecule has 2 atom stereocenters. The fourth-order valence-corrected chi connectivity index (χ4v) is 3.87. The number of Topliss-reactive ketones (excluding diaryl/α,β-unsaturated/α-hetero) is 1. The predicted octanol–water partition coefficient (Wildman–Crippen LogP) is 3.98. The number of nitrogens with one attached hydrogen (secondary N) is 4. The molecule has 0 heterocycles. The summed E-state index contributed by atoms with van der Waals surface area (Å²) in [6.07, 6.45) is 0.624. The molecule has 2 aromatic rings. The van der Waals surface area contributed by atoms with E-state index in [1.54, 1.807) is 6.92 Å². The molecule has 0 aliphatic rings. The van der Waals surface area contributed by atoms with E-state index in [4.69, 9.17) is 0 Å². The normalized spacial score (nSPS) is 12.8. The second kappa shape index (κ2) is 14.3. The number of amides is 4. The van der Waals surface area contributed by atoms with Crippen molar-refractivity contribution in [1.29, 1.82) is 0 Å². The van der Waals surface area contributed by atoms with E-state index in [2.05, 4.69) is 42.0 Å². The summed E-state index contributed by atoms with van der Waals surface area (Å²) in [5.41, 5.74) is 3.00. The molecular formula is C30H42N4O4. The summed E-state index contributed by atoms with van der Waals surface area (Å²) in [7, 11) is 0. The monoisotopic (exact) mass is 522 g/mol. The van der Waals surface area contributed by atoms with E-state index in [1.165, 1.54) is 5.56 Å². The van der Waals surface area contributed by atoms with Gasteiger partial charge in [-0.3, -0.25) is 14.4 Å². The molecule has 38 heavy (non-hydrogen) atoms. The molecule has 0 aromatic heterocycles. The van der Waals surface area contributed by atoms with Crippen LogP contribution in [0.2, 0.25) is 0 Å². The number of benzene rings is 2. The van der Waals surface area contributed by atoms with Gasteiger partial charge >= 0.3 is 6.03 Å². The number of carbonyl (C=O) groups is 4. The predicted molar refractivity (Wildman–Crippen MR) is 149 cm³/mol. The van der Waals surface area contributed by atoms with Crippen molar-refractivity contribution in [3.63, 3.8) is 0 Å². The van der Waals surface area contributed by atoms with Crippen LogP contribution >= 0.6 is 0 Å². The van der Waals surface area contributed by atoms with Crippen molar-refractivity contribution in [3.8, 4) is 0 Å². The molecule has 8 nitrogen and oxygen atoms in total. The van der Waals surface area contributed by atoms with E-state index >= 15 is 0 Å². The minimum atomic E-state index is -0.991.